The van der Waals surface area contributed by atoms with Crippen LogP contribution in [0.15, 0.2) is 51.4 Å². The van der Waals surface area contributed by atoms with Crippen LogP contribution in [0.3, 0.4) is 0 Å². The van der Waals surface area contributed by atoms with E-state index in [1.54, 1.807) is 0 Å². The second-order valence-electron chi connectivity index (χ2n) is 4.85. The largest absolute Gasteiger partial charge is 0.489 e. The van der Waals surface area contributed by atoms with E-state index in [1.165, 1.54) is 5.56 Å². The molecule has 106 valence electrons. The monoisotopic (exact) mass is 397 g/mol. The summed E-state index contributed by atoms with van der Waals surface area (Å²) in [6.07, 6.45) is 0.828. The van der Waals surface area contributed by atoms with Gasteiger partial charge in [-0.05, 0) is 54.8 Å². The van der Waals surface area contributed by atoms with Gasteiger partial charge in [-0.25, -0.2) is 0 Å². The fourth-order valence-corrected chi connectivity index (χ4v) is 2.79. The third kappa shape index (κ3) is 4.62. The van der Waals surface area contributed by atoms with E-state index in [-0.39, 0.29) is 6.04 Å². The molecule has 0 aliphatic heterocycles. The van der Waals surface area contributed by atoms with Crippen LogP contribution in [0, 0.1) is 0 Å². The molecule has 1 unspecified atom stereocenters. The van der Waals surface area contributed by atoms with Gasteiger partial charge in [0, 0.05) is 15.0 Å². The summed E-state index contributed by atoms with van der Waals surface area (Å²) in [5.74, 6) is 0.865. The number of hydrogen-bond donors (Lipinski definition) is 1. The topological polar surface area (TPSA) is 35.2 Å². The van der Waals surface area contributed by atoms with E-state index >= 15 is 0 Å². The number of nitrogens with two attached hydrogens (primary N) is 1. The minimum atomic E-state index is 0.131. The fraction of sp³-hybridized carbons (Fsp3) is 0.250. The van der Waals surface area contributed by atoms with Crippen LogP contribution in [0.4, 0.5) is 0 Å². The maximum Gasteiger partial charge on any atom is 0.120 e. The van der Waals surface area contributed by atoms with Gasteiger partial charge < -0.3 is 10.5 Å². The van der Waals surface area contributed by atoms with Crippen LogP contribution in [0.2, 0.25) is 0 Å². The van der Waals surface area contributed by atoms with Crippen molar-refractivity contribution in [3.8, 4) is 5.75 Å². The fourth-order valence-electron chi connectivity index (χ4n) is 1.94. The smallest absolute Gasteiger partial charge is 0.120 e. The van der Waals surface area contributed by atoms with Gasteiger partial charge in [-0.15, -0.1) is 0 Å². The van der Waals surface area contributed by atoms with Gasteiger partial charge in [0.25, 0.3) is 0 Å². The molecule has 0 aliphatic carbocycles. The van der Waals surface area contributed by atoms with Crippen molar-refractivity contribution in [3.05, 3.63) is 62.5 Å². The molecule has 20 heavy (non-hydrogen) atoms. The lowest BCUT2D eigenvalue weighted by Crippen LogP contribution is -2.18. The quantitative estimate of drug-likeness (QED) is 0.793. The predicted octanol–water partition coefficient (Wildman–Crippen LogP) is 4.68. The molecule has 0 heterocycles. The van der Waals surface area contributed by atoms with E-state index in [1.807, 2.05) is 43.3 Å². The summed E-state index contributed by atoms with van der Waals surface area (Å²) in [4.78, 5) is 0. The minimum Gasteiger partial charge on any atom is -0.489 e. The summed E-state index contributed by atoms with van der Waals surface area (Å²) in [6, 6.07) is 14.3. The van der Waals surface area contributed by atoms with Crippen molar-refractivity contribution >= 4 is 31.9 Å². The van der Waals surface area contributed by atoms with E-state index in [0.29, 0.717) is 6.61 Å². The van der Waals surface area contributed by atoms with Crippen LogP contribution >= 0.6 is 31.9 Å². The Balaban J connectivity index is 2.06. The van der Waals surface area contributed by atoms with Gasteiger partial charge in [0.2, 0.25) is 0 Å². The highest BCUT2D eigenvalue weighted by atomic mass is 79.9. The Morgan fingerprint density at radius 3 is 2.65 bits per heavy atom. The average Bonchev–Trinajstić information content (AvgIpc) is 2.39. The van der Waals surface area contributed by atoms with Crippen molar-refractivity contribution in [1.29, 1.82) is 0 Å². The summed E-state index contributed by atoms with van der Waals surface area (Å²) in [5.41, 5.74) is 8.17. The summed E-state index contributed by atoms with van der Waals surface area (Å²) in [5, 5.41) is 0. The Labute approximate surface area is 136 Å². The molecule has 0 aliphatic rings. The third-order valence-electron chi connectivity index (χ3n) is 2.85. The average molecular weight is 399 g/mol. The summed E-state index contributed by atoms with van der Waals surface area (Å²) < 4.78 is 7.98. The summed E-state index contributed by atoms with van der Waals surface area (Å²) >= 11 is 7.01. The van der Waals surface area contributed by atoms with Crippen molar-refractivity contribution in [2.45, 2.75) is 26.0 Å². The standard InChI is InChI=1S/C16H17Br2NO/c1-11(19)7-13-9-15(5-6-16(13)18)20-10-12-3-2-4-14(17)8-12/h2-6,8-9,11H,7,10,19H2,1H3. The molecule has 2 nitrogen and oxygen atoms in total. The third-order valence-corrected chi connectivity index (χ3v) is 4.12. The summed E-state index contributed by atoms with van der Waals surface area (Å²) in [6.45, 7) is 2.56. The molecule has 0 amide bonds. The molecular formula is C16H17Br2NO. The van der Waals surface area contributed by atoms with Gasteiger partial charge >= 0.3 is 0 Å². The van der Waals surface area contributed by atoms with Crippen molar-refractivity contribution in [3.63, 3.8) is 0 Å². The molecule has 2 rings (SSSR count). The lowest BCUT2D eigenvalue weighted by atomic mass is 10.1. The molecule has 1 atom stereocenters. The highest BCUT2D eigenvalue weighted by molar-refractivity contribution is 9.10. The molecule has 2 N–H and O–H groups in total. The lowest BCUT2D eigenvalue weighted by molar-refractivity contribution is 0.305. The van der Waals surface area contributed by atoms with Crippen LogP contribution in [0.5, 0.6) is 5.75 Å². The zero-order valence-corrected chi connectivity index (χ0v) is 14.4. The Kier molecular flexibility index (Phi) is 5.64. The number of halogens is 2. The van der Waals surface area contributed by atoms with Crippen LogP contribution in [-0.2, 0) is 13.0 Å². The van der Waals surface area contributed by atoms with Gasteiger partial charge in [0.05, 0.1) is 0 Å². The van der Waals surface area contributed by atoms with E-state index in [0.717, 1.165) is 26.7 Å². The number of benzene rings is 2. The Bertz CT molecular complexity index is 584. The molecule has 0 spiro atoms. The zero-order valence-electron chi connectivity index (χ0n) is 11.3. The first kappa shape index (κ1) is 15.5. The normalized spacial score (nSPS) is 12.2. The van der Waals surface area contributed by atoms with Gasteiger partial charge in [0.15, 0.2) is 0 Å². The highest BCUT2D eigenvalue weighted by Crippen LogP contribution is 2.24. The van der Waals surface area contributed by atoms with E-state index < -0.39 is 0 Å². The van der Waals surface area contributed by atoms with Gasteiger partial charge in [-0.1, -0.05) is 44.0 Å². The first-order valence-corrected chi connectivity index (χ1v) is 8.04. The second-order valence-corrected chi connectivity index (χ2v) is 6.62. The Morgan fingerprint density at radius 1 is 1.15 bits per heavy atom. The molecule has 0 fully saturated rings. The molecule has 2 aromatic rings. The number of rotatable bonds is 5. The molecule has 0 saturated heterocycles. The Morgan fingerprint density at radius 2 is 1.95 bits per heavy atom. The Hall–Kier alpha value is -0.840. The maximum atomic E-state index is 5.86. The van der Waals surface area contributed by atoms with Gasteiger partial charge in [0.1, 0.15) is 12.4 Å². The van der Waals surface area contributed by atoms with Crippen molar-refractivity contribution in [2.75, 3.05) is 0 Å². The zero-order chi connectivity index (χ0) is 14.5. The SMILES string of the molecule is CC(N)Cc1cc(OCc2cccc(Br)c2)ccc1Br. The first-order chi connectivity index (χ1) is 9.54. The number of ether oxygens (including phenoxy) is 1. The molecule has 0 radical (unpaired) electrons. The number of hydrogen-bond acceptors (Lipinski definition) is 2. The van der Waals surface area contributed by atoms with Crippen molar-refractivity contribution < 1.29 is 4.74 Å². The second kappa shape index (κ2) is 7.25. The molecule has 0 aromatic heterocycles. The molecule has 4 heteroatoms. The molecule has 2 aromatic carbocycles. The van der Waals surface area contributed by atoms with Crippen molar-refractivity contribution in [1.82, 2.24) is 0 Å². The van der Waals surface area contributed by atoms with Crippen LogP contribution < -0.4 is 10.5 Å². The summed E-state index contributed by atoms with van der Waals surface area (Å²) in [7, 11) is 0. The van der Waals surface area contributed by atoms with E-state index in [2.05, 4.69) is 37.9 Å². The first-order valence-electron chi connectivity index (χ1n) is 6.46. The molecular weight excluding hydrogens is 382 g/mol. The molecule has 0 saturated carbocycles. The van der Waals surface area contributed by atoms with Crippen LogP contribution in [-0.4, -0.2) is 6.04 Å². The van der Waals surface area contributed by atoms with Crippen molar-refractivity contribution in [2.24, 2.45) is 5.73 Å². The van der Waals surface area contributed by atoms with E-state index in [9.17, 15) is 0 Å². The minimum absolute atomic E-state index is 0.131. The van der Waals surface area contributed by atoms with Crippen LogP contribution in [0.1, 0.15) is 18.1 Å². The van der Waals surface area contributed by atoms with E-state index in [4.69, 9.17) is 10.5 Å². The lowest BCUT2D eigenvalue weighted by Gasteiger charge is -2.11. The highest BCUT2D eigenvalue weighted by Gasteiger charge is 2.05. The molecule has 0 bridgehead atoms. The van der Waals surface area contributed by atoms with Gasteiger partial charge in [-0.2, -0.15) is 0 Å². The maximum absolute atomic E-state index is 5.86. The van der Waals surface area contributed by atoms with Gasteiger partial charge in [-0.3, -0.25) is 0 Å². The predicted molar refractivity (Wildman–Crippen MR) is 90.0 cm³/mol. The van der Waals surface area contributed by atoms with Crippen LogP contribution in [0.25, 0.3) is 0 Å².